The van der Waals surface area contributed by atoms with Gasteiger partial charge >= 0.3 is 0 Å². The SMILES string of the molecule is Cc1ccc(S(=O)(=O)NCc2ccc3c(c2)CCC(=O)N3C)cc1. The molecule has 1 aliphatic rings. The van der Waals surface area contributed by atoms with Crippen molar-refractivity contribution in [1.82, 2.24) is 4.72 Å². The fourth-order valence-electron chi connectivity index (χ4n) is 2.80. The Hall–Kier alpha value is -2.18. The molecule has 3 rings (SSSR count). The number of carbonyl (C=O) groups excluding carboxylic acids is 1. The molecule has 0 saturated heterocycles. The maximum absolute atomic E-state index is 12.3. The molecule has 126 valence electrons. The molecular formula is C18H20N2O3S. The molecule has 1 aliphatic heterocycles. The van der Waals surface area contributed by atoms with Crippen molar-refractivity contribution in [2.45, 2.75) is 31.2 Å². The first-order valence-corrected chi connectivity index (χ1v) is 9.30. The van der Waals surface area contributed by atoms with Gasteiger partial charge in [0.1, 0.15) is 0 Å². The Bertz CT molecular complexity index is 874. The molecule has 0 radical (unpaired) electrons. The van der Waals surface area contributed by atoms with Gasteiger partial charge in [-0.25, -0.2) is 13.1 Å². The van der Waals surface area contributed by atoms with Gasteiger partial charge in [0.2, 0.25) is 15.9 Å². The number of hydrogen-bond donors (Lipinski definition) is 1. The minimum atomic E-state index is -3.53. The predicted molar refractivity (Wildman–Crippen MR) is 93.4 cm³/mol. The fraction of sp³-hybridized carbons (Fsp3) is 0.278. The van der Waals surface area contributed by atoms with Crippen molar-refractivity contribution in [3.8, 4) is 0 Å². The normalized spacial score (nSPS) is 14.6. The molecule has 1 heterocycles. The lowest BCUT2D eigenvalue weighted by atomic mass is 9.99. The van der Waals surface area contributed by atoms with E-state index >= 15 is 0 Å². The summed E-state index contributed by atoms with van der Waals surface area (Å²) in [6.45, 7) is 2.14. The van der Waals surface area contributed by atoms with Gasteiger partial charge in [-0.15, -0.1) is 0 Å². The number of hydrogen-bond acceptors (Lipinski definition) is 3. The van der Waals surface area contributed by atoms with Gasteiger partial charge in [0.25, 0.3) is 0 Å². The van der Waals surface area contributed by atoms with Gasteiger partial charge in [-0.3, -0.25) is 4.79 Å². The zero-order chi connectivity index (χ0) is 17.3. The Morgan fingerprint density at radius 1 is 1.08 bits per heavy atom. The summed E-state index contributed by atoms with van der Waals surface area (Å²) in [4.78, 5) is 13.6. The second-order valence-corrected chi connectivity index (χ2v) is 7.82. The highest BCUT2D eigenvalue weighted by Crippen LogP contribution is 2.27. The summed E-state index contributed by atoms with van der Waals surface area (Å²) >= 11 is 0. The molecule has 2 aromatic carbocycles. The molecular weight excluding hydrogens is 324 g/mol. The van der Waals surface area contributed by atoms with Crippen LogP contribution in [0.25, 0.3) is 0 Å². The molecule has 1 N–H and O–H groups in total. The third-order valence-electron chi connectivity index (χ3n) is 4.29. The maximum Gasteiger partial charge on any atom is 0.240 e. The Morgan fingerprint density at radius 3 is 2.50 bits per heavy atom. The number of fused-ring (bicyclic) bond motifs is 1. The van der Waals surface area contributed by atoms with Crippen LogP contribution >= 0.6 is 0 Å². The second-order valence-electron chi connectivity index (χ2n) is 6.05. The lowest BCUT2D eigenvalue weighted by molar-refractivity contribution is -0.118. The van der Waals surface area contributed by atoms with Crippen LogP contribution in [0, 0.1) is 6.92 Å². The van der Waals surface area contributed by atoms with Crippen molar-refractivity contribution >= 4 is 21.6 Å². The molecule has 5 nitrogen and oxygen atoms in total. The van der Waals surface area contributed by atoms with E-state index in [1.807, 2.05) is 25.1 Å². The zero-order valence-corrected chi connectivity index (χ0v) is 14.6. The quantitative estimate of drug-likeness (QED) is 0.926. The van der Waals surface area contributed by atoms with Gasteiger partial charge in [-0.1, -0.05) is 29.8 Å². The number of rotatable bonds is 4. The molecule has 0 aliphatic carbocycles. The topological polar surface area (TPSA) is 66.5 Å². The van der Waals surface area contributed by atoms with Gasteiger partial charge in [0, 0.05) is 25.7 Å². The van der Waals surface area contributed by atoms with E-state index in [4.69, 9.17) is 0 Å². The minimum Gasteiger partial charge on any atom is -0.315 e. The second kappa shape index (κ2) is 6.37. The largest absolute Gasteiger partial charge is 0.315 e. The summed E-state index contributed by atoms with van der Waals surface area (Å²) in [5, 5.41) is 0. The van der Waals surface area contributed by atoms with Crippen molar-refractivity contribution in [2.24, 2.45) is 0 Å². The molecule has 2 aromatic rings. The average Bonchev–Trinajstić information content (AvgIpc) is 2.57. The summed E-state index contributed by atoms with van der Waals surface area (Å²) < 4.78 is 27.3. The Balaban J connectivity index is 1.75. The van der Waals surface area contributed by atoms with Crippen LogP contribution in [0.1, 0.15) is 23.1 Å². The monoisotopic (exact) mass is 344 g/mol. The maximum atomic E-state index is 12.3. The van der Waals surface area contributed by atoms with Crippen LogP contribution in [0.5, 0.6) is 0 Å². The summed E-state index contributed by atoms with van der Waals surface area (Å²) in [6, 6.07) is 12.5. The van der Waals surface area contributed by atoms with E-state index in [-0.39, 0.29) is 17.3 Å². The molecule has 1 amide bonds. The first-order valence-electron chi connectivity index (χ1n) is 7.81. The number of nitrogens with one attached hydrogen (secondary N) is 1. The van der Waals surface area contributed by atoms with Crippen LogP contribution < -0.4 is 9.62 Å². The summed E-state index contributed by atoms with van der Waals surface area (Å²) in [5.74, 6) is 0.107. The number of nitrogens with zero attached hydrogens (tertiary/aromatic N) is 1. The van der Waals surface area contributed by atoms with Crippen LogP contribution in [0.15, 0.2) is 47.4 Å². The standard InChI is InChI=1S/C18H20N2O3S/c1-13-3-7-16(8-4-13)24(22,23)19-12-14-5-9-17-15(11-14)6-10-18(21)20(17)2/h3-5,7-9,11,19H,6,10,12H2,1-2H3. The summed E-state index contributed by atoms with van der Waals surface area (Å²) in [7, 11) is -1.77. The summed E-state index contributed by atoms with van der Waals surface area (Å²) in [6.07, 6.45) is 1.18. The number of aryl methyl sites for hydroxylation is 2. The third-order valence-corrected chi connectivity index (χ3v) is 5.70. The highest BCUT2D eigenvalue weighted by atomic mass is 32.2. The average molecular weight is 344 g/mol. The molecule has 0 unspecified atom stereocenters. The number of anilines is 1. The fourth-order valence-corrected chi connectivity index (χ4v) is 3.82. The Labute approximate surface area is 142 Å². The van der Waals surface area contributed by atoms with Crippen molar-refractivity contribution in [3.05, 3.63) is 59.2 Å². The third kappa shape index (κ3) is 3.34. The van der Waals surface area contributed by atoms with Crippen molar-refractivity contribution in [3.63, 3.8) is 0 Å². The summed E-state index contributed by atoms with van der Waals surface area (Å²) in [5.41, 5.74) is 3.87. The number of sulfonamides is 1. The van der Waals surface area contributed by atoms with E-state index in [1.165, 1.54) is 0 Å². The highest BCUT2D eigenvalue weighted by Gasteiger charge is 2.21. The van der Waals surface area contributed by atoms with Crippen LogP contribution in [-0.4, -0.2) is 21.4 Å². The van der Waals surface area contributed by atoms with Crippen LogP contribution in [0.3, 0.4) is 0 Å². The van der Waals surface area contributed by atoms with Crippen LogP contribution in [0.4, 0.5) is 5.69 Å². The lowest BCUT2D eigenvalue weighted by Gasteiger charge is -2.26. The van der Waals surface area contributed by atoms with Gasteiger partial charge in [-0.05, 0) is 42.7 Å². The van der Waals surface area contributed by atoms with Gasteiger partial charge in [0.15, 0.2) is 0 Å². The lowest BCUT2D eigenvalue weighted by Crippen LogP contribution is -2.31. The smallest absolute Gasteiger partial charge is 0.240 e. The zero-order valence-electron chi connectivity index (χ0n) is 13.7. The number of carbonyl (C=O) groups is 1. The molecule has 0 saturated carbocycles. The molecule has 24 heavy (non-hydrogen) atoms. The Kier molecular flexibility index (Phi) is 4.43. The Morgan fingerprint density at radius 2 is 1.79 bits per heavy atom. The predicted octanol–water partition coefficient (Wildman–Crippen LogP) is 2.38. The van der Waals surface area contributed by atoms with Crippen LogP contribution in [0.2, 0.25) is 0 Å². The van der Waals surface area contributed by atoms with Crippen LogP contribution in [-0.2, 0) is 27.8 Å². The van der Waals surface area contributed by atoms with E-state index in [1.54, 1.807) is 36.2 Å². The van der Waals surface area contributed by atoms with E-state index in [0.717, 1.165) is 22.4 Å². The van der Waals surface area contributed by atoms with Crippen molar-refractivity contribution < 1.29 is 13.2 Å². The van der Waals surface area contributed by atoms with E-state index in [2.05, 4.69) is 4.72 Å². The first-order chi connectivity index (χ1) is 11.4. The number of amides is 1. The van der Waals surface area contributed by atoms with Crippen molar-refractivity contribution in [2.75, 3.05) is 11.9 Å². The first kappa shape index (κ1) is 16.7. The molecule has 0 spiro atoms. The van der Waals surface area contributed by atoms with E-state index in [9.17, 15) is 13.2 Å². The molecule has 0 aromatic heterocycles. The number of benzene rings is 2. The molecule has 0 bridgehead atoms. The van der Waals surface area contributed by atoms with Gasteiger partial charge in [0.05, 0.1) is 4.90 Å². The highest BCUT2D eigenvalue weighted by molar-refractivity contribution is 7.89. The van der Waals surface area contributed by atoms with E-state index < -0.39 is 10.0 Å². The van der Waals surface area contributed by atoms with Gasteiger partial charge < -0.3 is 4.90 Å². The van der Waals surface area contributed by atoms with Crippen molar-refractivity contribution in [1.29, 1.82) is 0 Å². The molecule has 0 fully saturated rings. The molecule has 0 atom stereocenters. The van der Waals surface area contributed by atoms with Gasteiger partial charge in [-0.2, -0.15) is 0 Å². The molecule has 6 heteroatoms. The van der Waals surface area contributed by atoms with E-state index in [0.29, 0.717) is 12.8 Å². The minimum absolute atomic E-state index is 0.107.